The average Bonchev–Trinajstić information content (AvgIpc) is 2.82. The molecule has 25 heavy (non-hydrogen) atoms. The zero-order valence-electron chi connectivity index (χ0n) is 14.0. The van der Waals surface area contributed by atoms with Gasteiger partial charge in [0.05, 0.1) is 22.4 Å². The summed E-state index contributed by atoms with van der Waals surface area (Å²) < 4.78 is 0. The number of aryl methyl sites for hydroxylation is 2. The molecule has 2 aromatic carbocycles. The average molecular weight is 336 g/mol. The lowest BCUT2D eigenvalue weighted by molar-refractivity contribution is 0.0924. The van der Waals surface area contributed by atoms with Crippen molar-refractivity contribution in [3.05, 3.63) is 63.7 Å². The first-order valence-corrected chi connectivity index (χ1v) is 7.69. The van der Waals surface area contributed by atoms with E-state index in [4.69, 9.17) is 0 Å². The van der Waals surface area contributed by atoms with Gasteiger partial charge in [-0.25, -0.2) is 4.90 Å². The summed E-state index contributed by atoms with van der Waals surface area (Å²) in [4.78, 5) is 49.8. The van der Waals surface area contributed by atoms with Gasteiger partial charge in [0.15, 0.2) is 6.29 Å². The van der Waals surface area contributed by atoms with Crippen molar-refractivity contribution in [2.75, 3.05) is 11.9 Å². The number of nitrogens with zero attached hydrogens (tertiary/aromatic N) is 1. The molecule has 0 saturated heterocycles. The first-order valence-electron chi connectivity index (χ1n) is 7.69. The Labute approximate surface area is 144 Å². The Bertz CT molecular complexity index is 926. The van der Waals surface area contributed by atoms with Gasteiger partial charge in [-0.05, 0) is 49.2 Å². The number of imide groups is 1. The van der Waals surface area contributed by atoms with Crippen LogP contribution < -0.4 is 10.2 Å². The van der Waals surface area contributed by atoms with E-state index in [1.54, 1.807) is 12.1 Å². The lowest BCUT2D eigenvalue weighted by Gasteiger charge is -2.15. The third-order valence-electron chi connectivity index (χ3n) is 4.12. The highest BCUT2D eigenvalue weighted by molar-refractivity contribution is 6.35. The number of nitrogens with one attached hydrogen (secondary N) is 1. The Kier molecular flexibility index (Phi) is 3.96. The zero-order valence-corrected chi connectivity index (χ0v) is 14.0. The van der Waals surface area contributed by atoms with Crippen LogP contribution in [0.25, 0.3) is 0 Å². The molecule has 1 aliphatic rings. The highest BCUT2D eigenvalue weighted by atomic mass is 16.2. The fourth-order valence-corrected chi connectivity index (χ4v) is 3.05. The van der Waals surface area contributed by atoms with E-state index in [1.807, 2.05) is 19.9 Å². The number of carbonyl (C=O) groups excluding carboxylic acids is 4. The quantitative estimate of drug-likeness (QED) is 0.688. The van der Waals surface area contributed by atoms with Crippen molar-refractivity contribution >= 4 is 29.7 Å². The first-order chi connectivity index (χ1) is 11.9. The Morgan fingerprint density at radius 3 is 2.04 bits per heavy atom. The monoisotopic (exact) mass is 336 g/mol. The van der Waals surface area contributed by atoms with Crippen molar-refractivity contribution < 1.29 is 19.2 Å². The summed E-state index contributed by atoms with van der Waals surface area (Å²) in [7, 11) is 1.43. The molecule has 1 aliphatic heterocycles. The van der Waals surface area contributed by atoms with Crippen LogP contribution in [0.3, 0.4) is 0 Å². The maximum Gasteiger partial charge on any atom is 0.266 e. The van der Waals surface area contributed by atoms with E-state index in [0.717, 1.165) is 16.0 Å². The van der Waals surface area contributed by atoms with Gasteiger partial charge < -0.3 is 5.32 Å². The lowest BCUT2D eigenvalue weighted by atomic mass is 9.99. The van der Waals surface area contributed by atoms with Gasteiger partial charge in [-0.15, -0.1) is 0 Å². The molecule has 1 heterocycles. The van der Waals surface area contributed by atoms with Crippen LogP contribution in [0.1, 0.15) is 52.6 Å². The molecule has 0 spiro atoms. The van der Waals surface area contributed by atoms with Crippen LogP contribution in [0.2, 0.25) is 0 Å². The third-order valence-corrected chi connectivity index (χ3v) is 4.12. The van der Waals surface area contributed by atoms with Crippen molar-refractivity contribution in [3.8, 4) is 0 Å². The number of rotatable bonds is 3. The van der Waals surface area contributed by atoms with Crippen molar-refractivity contribution in [1.82, 2.24) is 5.32 Å². The SMILES string of the molecule is CNC(=O)c1cc2c(cc1C=O)C(=O)N(c1cc(C)cc(C)c1)C2=O. The molecule has 3 rings (SSSR count). The van der Waals surface area contributed by atoms with Gasteiger partial charge >= 0.3 is 0 Å². The van der Waals surface area contributed by atoms with Crippen molar-refractivity contribution in [3.63, 3.8) is 0 Å². The number of benzene rings is 2. The minimum absolute atomic E-state index is 0.0691. The molecule has 1 N–H and O–H groups in total. The summed E-state index contributed by atoms with van der Waals surface area (Å²) in [6.45, 7) is 3.76. The zero-order chi connectivity index (χ0) is 18.3. The summed E-state index contributed by atoms with van der Waals surface area (Å²) in [6.07, 6.45) is 0.502. The molecule has 0 aliphatic carbocycles. The van der Waals surface area contributed by atoms with Gasteiger partial charge in [0.25, 0.3) is 17.7 Å². The van der Waals surface area contributed by atoms with Gasteiger partial charge in [-0.2, -0.15) is 0 Å². The van der Waals surface area contributed by atoms with E-state index in [1.165, 1.54) is 19.2 Å². The fraction of sp³-hybridized carbons (Fsp3) is 0.158. The number of anilines is 1. The molecule has 0 aromatic heterocycles. The molecule has 6 nitrogen and oxygen atoms in total. The predicted octanol–water partition coefficient (Wildman–Crippen LogP) is 2.28. The second kappa shape index (κ2) is 5.98. The molecule has 0 bridgehead atoms. The molecule has 2 aromatic rings. The number of amides is 3. The topological polar surface area (TPSA) is 83.6 Å². The summed E-state index contributed by atoms with van der Waals surface area (Å²) in [5.41, 5.74) is 2.70. The maximum absolute atomic E-state index is 12.8. The number of hydrogen-bond acceptors (Lipinski definition) is 4. The van der Waals surface area contributed by atoms with Crippen LogP contribution in [0.15, 0.2) is 30.3 Å². The van der Waals surface area contributed by atoms with Crippen molar-refractivity contribution in [1.29, 1.82) is 0 Å². The highest BCUT2D eigenvalue weighted by Gasteiger charge is 2.38. The van der Waals surface area contributed by atoms with Gasteiger partial charge in [0.1, 0.15) is 0 Å². The molecule has 0 fully saturated rings. The molecular weight excluding hydrogens is 320 g/mol. The Balaban J connectivity index is 2.16. The highest BCUT2D eigenvalue weighted by Crippen LogP contribution is 2.31. The Hall–Kier alpha value is -3.28. The lowest BCUT2D eigenvalue weighted by Crippen LogP contribution is -2.29. The second-order valence-corrected chi connectivity index (χ2v) is 5.97. The van der Waals surface area contributed by atoms with E-state index < -0.39 is 17.7 Å². The van der Waals surface area contributed by atoms with Crippen LogP contribution in [0.5, 0.6) is 0 Å². The van der Waals surface area contributed by atoms with Crippen LogP contribution >= 0.6 is 0 Å². The molecule has 3 amide bonds. The minimum Gasteiger partial charge on any atom is -0.355 e. The second-order valence-electron chi connectivity index (χ2n) is 5.97. The maximum atomic E-state index is 12.8. The smallest absolute Gasteiger partial charge is 0.266 e. The predicted molar refractivity (Wildman–Crippen MR) is 92.3 cm³/mol. The van der Waals surface area contributed by atoms with Crippen molar-refractivity contribution in [2.24, 2.45) is 0 Å². The summed E-state index contributed by atoms with van der Waals surface area (Å²) in [5, 5.41) is 2.42. The number of aldehydes is 1. The van der Waals surface area contributed by atoms with E-state index >= 15 is 0 Å². The van der Waals surface area contributed by atoms with E-state index in [2.05, 4.69) is 5.32 Å². The molecule has 6 heteroatoms. The van der Waals surface area contributed by atoms with Gasteiger partial charge in [0, 0.05) is 12.6 Å². The molecule has 0 radical (unpaired) electrons. The number of fused-ring (bicyclic) bond motifs is 1. The normalized spacial score (nSPS) is 13.0. The molecular formula is C19H16N2O4. The minimum atomic E-state index is -0.507. The number of carbonyl (C=O) groups is 4. The Morgan fingerprint density at radius 2 is 1.52 bits per heavy atom. The third kappa shape index (κ3) is 2.61. The van der Waals surface area contributed by atoms with Crippen LogP contribution in [0, 0.1) is 13.8 Å². The van der Waals surface area contributed by atoms with Crippen molar-refractivity contribution in [2.45, 2.75) is 13.8 Å². The van der Waals surface area contributed by atoms with Crippen LogP contribution in [-0.4, -0.2) is 31.1 Å². The summed E-state index contributed by atoms with van der Waals surface area (Å²) in [5.74, 6) is -1.50. The summed E-state index contributed by atoms with van der Waals surface area (Å²) in [6, 6.07) is 8.04. The molecule has 0 unspecified atom stereocenters. The molecule has 126 valence electrons. The van der Waals surface area contributed by atoms with E-state index in [0.29, 0.717) is 12.0 Å². The van der Waals surface area contributed by atoms with Gasteiger partial charge in [-0.1, -0.05) is 6.07 Å². The van der Waals surface area contributed by atoms with E-state index in [9.17, 15) is 19.2 Å². The standard InChI is InChI=1S/C19H16N2O4/c1-10-4-11(2)6-13(5-10)21-18(24)15-7-12(9-22)14(17(23)20-3)8-16(15)19(21)25/h4-9H,1-3H3,(H,20,23). The van der Waals surface area contributed by atoms with Crippen LogP contribution in [-0.2, 0) is 0 Å². The molecule has 0 saturated carbocycles. The largest absolute Gasteiger partial charge is 0.355 e. The van der Waals surface area contributed by atoms with Gasteiger partial charge in [0.2, 0.25) is 0 Å². The van der Waals surface area contributed by atoms with Gasteiger partial charge in [-0.3, -0.25) is 19.2 Å². The van der Waals surface area contributed by atoms with E-state index in [-0.39, 0.29) is 22.3 Å². The molecule has 0 atom stereocenters. The summed E-state index contributed by atoms with van der Waals surface area (Å²) >= 11 is 0. The first kappa shape index (κ1) is 16.6. The Morgan fingerprint density at radius 1 is 0.960 bits per heavy atom. The number of hydrogen-bond donors (Lipinski definition) is 1. The van der Waals surface area contributed by atoms with Crippen LogP contribution in [0.4, 0.5) is 5.69 Å². The fourth-order valence-electron chi connectivity index (χ4n) is 3.05.